The number of nitrogens with one attached hydrogen (secondary N) is 1. The second-order valence-electron chi connectivity index (χ2n) is 4.32. The van der Waals surface area contributed by atoms with Crippen LogP contribution in [0, 0.1) is 12.7 Å². The number of fused-ring (bicyclic) bond motifs is 1. The highest BCUT2D eigenvalue weighted by atomic mass is 35.5. The molecule has 7 heteroatoms. The quantitative estimate of drug-likeness (QED) is 0.806. The van der Waals surface area contributed by atoms with Gasteiger partial charge >= 0.3 is 0 Å². The van der Waals surface area contributed by atoms with Crippen molar-refractivity contribution in [2.75, 3.05) is 5.32 Å². The molecule has 3 heterocycles. The van der Waals surface area contributed by atoms with Crippen LogP contribution in [0.5, 0.6) is 0 Å². The first-order chi connectivity index (χ1) is 9.65. The maximum atomic E-state index is 13.5. The molecule has 0 aliphatic rings. The molecular formula is C13H11ClFN5. The highest BCUT2D eigenvalue weighted by molar-refractivity contribution is 6.28. The lowest BCUT2D eigenvalue weighted by atomic mass is 10.2. The number of rotatable bonds is 3. The van der Waals surface area contributed by atoms with E-state index < -0.39 is 0 Å². The van der Waals surface area contributed by atoms with Crippen LogP contribution in [0.15, 0.2) is 30.6 Å². The average Bonchev–Trinajstić information content (AvgIpc) is 2.79. The van der Waals surface area contributed by atoms with Gasteiger partial charge in [0.25, 0.3) is 0 Å². The molecule has 1 N–H and O–H groups in total. The third-order valence-corrected chi connectivity index (χ3v) is 3.14. The molecule has 0 saturated carbocycles. The van der Waals surface area contributed by atoms with E-state index in [2.05, 4.69) is 20.4 Å². The molecular weight excluding hydrogens is 281 g/mol. The first kappa shape index (κ1) is 12.8. The van der Waals surface area contributed by atoms with Gasteiger partial charge in [-0.3, -0.25) is 4.98 Å². The number of nitrogens with zero attached hydrogens (tertiary/aromatic N) is 4. The van der Waals surface area contributed by atoms with Crippen molar-refractivity contribution in [2.45, 2.75) is 13.5 Å². The number of hydrogen-bond donors (Lipinski definition) is 1. The van der Waals surface area contributed by atoms with Gasteiger partial charge in [0, 0.05) is 24.0 Å². The summed E-state index contributed by atoms with van der Waals surface area (Å²) < 4.78 is 15.2. The third-order valence-electron chi connectivity index (χ3n) is 2.98. The Morgan fingerprint density at radius 1 is 1.35 bits per heavy atom. The number of aromatic nitrogens is 4. The Balaban J connectivity index is 1.93. The lowest BCUT2D eigenvalue weighted by Gasteiger charge is -2.08. The molecule has 0 aliphatic carbocycles. The first-order valence-corrected chi connectivity index (χ1v) is 6.37. The molecule has 0 unspecified atom stereocenters. The summed E-state index contributed by atoms with van der Waals surface area (Å²) >= 11 is 5.90. The van der Waals surface area contributed by atoms with Crippen LogP contribution in [0.2, 0.25) is 5.28 Å². The average molecular weight is 292 g/mol. The molecule has 0 bridgehead atoms. The van der Waals surface area contributed by atoms with Crippen molar-refractivity contribution in [3.63, 3.8) is 0 Å². The predicted octanol–water partition coefficient (Wildman–Crippen LogP) is 2.84. The Morgan fingerprint density at radius 3 is 3.00 bits per heavy atom. The minimum Gasteiger partial charge on any atom is -0.364 e. The molecule has 0 aliphatic heterocycles. The number of hydrogen-bond acceptors (Lipinski definition) is 4. The van der Waals surface area contributed by atoms with Crippen LogP contribution in [0.3, 0.4) is 0 Å². The molecule has 20 heavy (non-hydrogen) atoms. The monoisotopic (exact) mass is 291 g/mol. The lowest BCUT2D eigenvalue weighted by molar-refractivity contribution is 0.606. The molecule has 0 amide bonds. The zero-order valence-corrected chi connectivity index (χ0v) is 11.4. The van der Waals surface area contributed by atoms with Gasteiger partial charge in [-0.05, 0) is 36.7 Å². The second-order valence-corrected chi connectivity index (χ2v) is 4.66. The fraction of sp³-hybridized carbons (Fsp3) is 0.154. The summed E-state index contributed by atoms with van der Waals surface area (Å²) in [6, 6.07) is 5.42. The Kier molecular flexibility index (Phi) is 3.23. The number of pyridine rings is 1. The van der Waals surface area contributed by atoms with Crippen molar-refractivity contribution in [1.29, 1.82) is 0 Å². The van der Waals surface area contributed by atoms with Crippen LogP contribution in [-0.4, -0.2) is 19.6 Å². The van der Waals surface area contributed by atoms with E-state index in [1.165, 1.54) is 6.20 Å². The van der Waals surface area contributed by atoms with Gasteiger partial charge in [0.2, 0.25) is 5.28 Å². The zero-order valence-electron chi connectivity index (χ0n) is 10.6. The smallest absolute Gasteiger partial charge is 0.243 e. The fourth-order valence-electron chi connectivity index (χ4n) is 1.95. The predicted molar refractivity (Wildman–Crippen MR) is 74.3 cm³/mol. The van der Waals surface area contributed by atoms with Crippen LogP contribution in [0.4, 0.5) is 10.2 Å². The highest BCUT2D eigenvalue weighted by Gasteiger charge is 2.09. The third kappa shape index (κ3) is 2.30. The van der Waals surface area contributed by atoms with E-state index in [0.29, 0.717) is 17.9 Å². The van der Waals surface area contributed by atoms with E-state index in [1.54, 1.807) is 16.8 Å². The van der Waals surface area contributed by atoms with Crippen LogP contribution >= 0.6 is 11.6 Å². The Morgan fingerprint density at radius 2 is 2.20 bits per heavy atom. The van der Waals surface area contributed by atoms with E-state index in [4.69, 9.17) is 11.6 Å². The molecule has 0 fully saturated rings. The molecule has 5 nitrogen and oxygen atoms in total. The van der Waals surface area contributed by atoms with Gasteiger partial charge in [0.15, 0.2) is 5.82 Å². The van der Waals surface area contributed by atoms with Gasteiger partial charge in [0.05, 0.1) is 6.20 Å². The number of aryl methyl sites for hydroxylation is 1. The Bertz CT molecular complexity index is 771. The summed E-state index contributed by atoms with van der Waals surface area (Å²) in [6.45, 7) is 2.21. The zero-order chi connectivity index (χ0) is 14.1. The molecule has 3 rings (SSSR count). The lowest BCUT2D eigenvalue weighted by Crippen LogP contribution is -2.07. The van der Waals surface area contributed by atoms with Crippen molar-refractivity contribution < 1.29 is 4.39 Å². The van der Waals surface area contributed by atoms with Crippen LogP contribution in [0.25, 0.3) is 5.52 Å². The fourth-order valence-corrected chi connectivity index (χ4v) is 2.11. The minimum absolute atomic E-state index is 0.134. The Hall–Kier alpha value is -2.21. The summed E-state index contributed by atoms with van der Waals surface area (Å²) in [5.74, 6) is 0.206. The van der Waals surface area contributed by atoms with E-state index in [-0.39, 0.29) is 11.1 Å². The van der Waals surface area contributed by atoms with E-state index in [9.17, 15) is 4.39 Å². The molecule has 0 spiro atoms. The van der Waals surface area contributed by atoms with Crippen LogP contribution in [-0.2, 0) is 6.54 Å². The van der Waals surface area contributed by atoms with Crippen molar-refractivity contribution >= 4 is 22.9 Å². The van der Waals surface area contributed by atoms with Gasteiger partial charge in [-0.2, -0.15) is 4.98 Å². The Labute approximate surface area is 119 Å². The molecule has 0 aromatic carbocycles. The summed E-state index contributed by atoms with van der Waals surface area (Å²) in [4.78, 5) is 7.86. The molecule has 3 aromatic heterocycles. The molecule has 0 saturated heterocycles. The summed E-state index contributed by atoms with van der Waals surface area (Å²) in [5.41, 5.74) is 2.25. The van der Waals surface area contributed by atoms with Gasteiger partial charge in [-0.25, -0.2) is 8.91 Å². The summed E-state index contributed by atoms with van der Waals surface area (Å²) in [5, 5.41) is 7.32. The van der Waals surface area contributed by atoms with Crippen molar-refractivity contribution in [1.82, 2.24) is 19.6 Å². The topological polar surface area (TPSA) is 55.1 Å². The maximum Gasteiger partial charge on any atom is 0.243 e. The van der Waals surface area contributed by atoms with Crippen molar-refractivity contribution in [3.05, 3.63) is 53.0 Å². The van der Waals surface area contributed by atoms with Gasteiger partial charge in [-0.1, -0.05) is 0 Å². The molecule has 0 radical (unpaired) electrons. The number of halogens is 2. The number of anilines is 1. The van der Waals surface area contributed by atoms with Crippen LogP contribution in [0.1, 0.15) is 11.3 Å². The minimum atomic E-state index is -0.359. The van der Waals surface area contributed by atoms with Gasteiger partial charge in [0.1, 0.15) is 11.3 Å². The van der Waals surface area contributed by atoms with E-state index in [0.717, 1.165) is 11.2 Å². The van der Waals surface area contributed by atoms with E-state index in [1.807, 2.05) is 19.1 Å². The van der Waals surface area contributed by atoms with Crippen LogP contribution < -0.4 is 5.32 Å². The van der Waals surface area contributed by atoms with Gasteiger partial charge < -0.3 is 5.32 Å². The molecule has 102 valence electrons. The summed E-state index contributed by atoms with van der Waals surface area (Å²) in [6.07, 6.45) is 2.73. The second kappa shape index (κ2) is 5.05. The molecule has 3 aromatic rings. The van der Waals surface area contributed by atoms with Crippen molar-refractivity contribution in [3.8, 4) is 0 Å². The molecule has 0 atom stereocenters. The van der Waals surface area contributed by atoms with Crippen molar-refractivity contribution in [2.24, 2.45) is 0 Å². The maximum absolute atomic E-state index is 13.5. The van der Waals surface area contributed by atoms with Gasteiger partial charge in [-0.15, -0.1) is 5.10 Å². The first-order valence-electron chi connectivity index (χ1n) is 5.99. The standard InChI is InChI=1S/C13H11ClFN5/c1-8-2-3-11-12(18-13(14)19-20(8)11)17-6-9-4-5-16-7-10(9)15/h2-5,7H,6H2,1H3,(H,17,18,19). The SMILES string of the molecule is Cc1ccc2c(NCc3ccncc3F)nc(Cl)nn12. The summed E-state index contributed by atoms with van der Waals surface area (Å²) in [7, 11) is 0. The highest BCUT2D eigenvalue weighted by Crippen LogP contribution is 2.19. The largest absolute Gasteiger partial charge is 0.364 e. The normalized spacial score (nSPS) is 10.9. The van der Waals surface area contributed by atoms with E-state index >= 15 is 0 Å².